The van der Waals surface area contributed by atoms with Gasteiger partial charge in [-0.2, -0.15) is 0 Å². The Bertz CT molecular complexity index is 367. The van der Waals surface area contributed by atoms with Gasteiger partial charge in [0.25, 0.3) is 0 Å². The van der Waals surface area contributed by atoms with E-state index in [4.69, 9.17) is 0 Å². The Labute approximate surface area is 122 Å². The maximum Gasteiger partial charge on any atom is 0.247 e. The molecule has 0 radical (unpaired) electrons. The molecule has 1 aliphatic carbocycles. The molecular weight excluding hydrogens is 252 g/mol. The zero-order valence-corrected chi connectivity index (χ0v) is 13.1. The molecule has 0 aromatic heterocycles. The van der Waals surface area contributed by atoms with Crippen LogP contribution < -0.4 is 5.32 Å². The molecule has 1 heterocycles. The lowest BCUT2D eigenvalue weighted by Crippen LogP contribution is -2.45. The van der Waals surface area contributed by atoms with Crippen molar-refractivity contribution >= 4 is 11.8 Å². The van der Waals surface area contributed by atoms with Gasteiger partial charge in [-0.25, -0.2) is 0 Å². The van der Waals surface area contributed by atoms with Gasteiger partial charge in [0.15, 0.2) is 0 Å². The predicted molar refractivity (Wildman–Crippen MR) is 79.2 cm³/mol. The molecule has 4 heteroatoms. The molecule has 20 heavy (non-hydrogen) atoms. The van der Waals surface area contributed by atoms with Gasteiger partial charge in [-0.3, -0.25) is 14.5 Å². The Balaban J connectivity index is 1.88. The SMILES string of the molecule is CC(C)(C)CCNC1CC(=O)N(C2CCCCC2)C1=O. The fraction of sp³-hybridized carbons (Fsp3) is 0.875. The molecule has 2 aliphatic rings. The largest absolute Gasteiger partial charge is 0.305 e. The summed E-state index contributed by atoms with van der Waals surface area (Å²) in [4.78, 5) is 26.1. The number of carbonyl (C=O) groups is 2. The third-order valence-corrected chi connectivity index (χ3v) is 4.39. The molecule has 114 valence electrons. The van der Waals surface area contributed by atoms with Crippen LogP contribution >= 0.6 is 0 Å². The summed E-state index contributed by atoms with van der Waals surface area (Å²) >= 11 is 0. The quantitative estimate of drug-likeness (QED) is 0.805. The van der Waals surface area contributed by atoms with Crippen molar-refractivity contribution in [1.29, 1.82) is 0 Å². The standard InChI is InChI=1S/C16H28N2O2/c1-16(2,3)9-10-17-13-11-14(19)18(15(13)20)12-7-5-4-6-8-12/h12-13,17H,4-11H2,1-3H3. The molecule has 1 unspecified atom stereocenters. The van der Waals surface area contributed by atoms with Gasteiger partial charge in [-0.1, -0.05) is 40.0 Å². The fourth-order valence-corrected chi connectivity index (χ4v) is 3.15. The minimum atomic E-state index is -0.285. The van der Waals surface area contributed by atoms with Crippen molar-refractivity contribution in [2.24, 2.45) is 5.41 Å². The third kappa shape index (κ3) is 3.81. The average molecular weight is 280 g/mol. The van der Waals surface area contributed by atoms with Crippen molar-refractivity contribution in [1.82, 2.24) is 10.2 Å². The summed E-state index contributed by atoms with van der Waals surface area (Å²) in [6.07, 6.45) is 6.86. The number of rotatable bonds is 4. The lowest BCUT2D eigenvalue weighted by molar-refractivity contribution is -0.142. The van der Waals surface area contributed by atoms with Gasteiger partial charge < -0.3 is 5.32 Å². The van der Waals surface area contributed by atoms with Gasteiger partial charge in [0.2, 0.25) is 11.8 Å². The molecule has 0 spiro atoms. The highest BCUT2D eigenvalue weighted by Crippen LogP contribution is 2.27. The lowest BCUT2D eigenvalue weighted by Gasteiger charge is -2.29. The van der Waals surface area contributed by atoms with E-state index in [-0.39, 0.29) is 29.3 Å². The van der Waals surface area contributed by atoms with Crippen molar-refractivity contribution in [3.8, 4) is 0 Å². The summed E-state index contributed by atoms with van der Waals surface area (Å²) < 4.78 is 0. The topological polar surface area (TPSA) is 49.4 Å². The molecular formula is C16H28N2O2. The van der Waals surface area contributed by atoms with E-state index in [0.29, 0.717) is 6.42 Å². The van der Waals surface area contributed by atoms with Crippen LogP contribution in [0.25, 0.3) is 0 Å². The first-order valence-electron chi connectivity index (χ1n) is 7.98. The van der Waals surface area contributed by atoms with E-state index in [1.165, 1.54) is 6.42 Å². The van der Waals surface area contributed by atoms with E-state index < -0.39 is 0 Å². The normalized spacial score (nSPS) is 25.6. The first-order valence-corrected chi connectivity index (χ1v) is 7.98. The smallest absolute Gasteiger partial charge is 0.247 e. The van der Waals surface area contributed by atoms with Crippen molar-refractivity contribution in [2.75, 3.05) is 6.54 Å². The molecule has 2 fully saturated rings. The minimum absolute atomic E-state index is 0.0100. The molecule has 4 nitrogen and oxygen atoms in total. The number of imide groups is 1. The summed E-state index contributed by atoms with van der Waals surface area (Å²) in [5.41, 5.74) is 0.252. The van der Waals surface area contributed by atoms with E-state index >= 15 is 0 Å². The van der Waals surface area contributed by atoms with Gasteiger partial charge in [-0.05, 0) is 31.2 Å². The van der Waals surface area contributed by atoms with Crippen LogP contribution in [0.2, 0.25) is 0 Å². The zero-order chi connectivity index (χ0) is 14.8. The minimum Gasteiger partial charge on any atom is -0.305 e. The van der Waals surface area contributed by atoms with Crippen molar-refractivity contribution < 1.29 is 9.59 Å². The molecule has 0 bridgehead atoms. The third-order valence-electron chi connectivity index (χ3n) is 4.39. The Morgan fingerprint density at radius 2 is 1.80 bits per heavy atom. The summed E-state index contributed by atoms with van der Waals surface area (Å²) in [7, 11) is 0. The van der Waals surface area contributed by atoms with Crippen molar-refractivity contribution in [3.05, 3.63) is 0 Å². The Morgan fingerprint density at radius 3 is 2.40 bits per heavy atom. The van der Waals surface area contributed by atoms with Crippen LogP contribution in [0, 0.1) is 5.41 Å². The lowest BCUT2D eigenvalue weighted by atomic mass is 9.92. The number of nitrogens with zero attached hydrogens (tertiary/aromatic N) is 1. The number of hydrogen-bond donors (Lipinski definition) is 1. The summed E-state index contributed by atoms with van der Waals surface area (Å²) in [5.74, 6) is 0.0333. The molecule has 2 amide bonds. The molecule has 0 aromatic rings. The Morgan fingerprint density at radius 1 is 1.15 bits per heavy atom. The van der Waals surface area contributed by atoms with Crippen LogP contribution in [-0.4, -0.2) is 35.3 Å². The number of likely N-dealkylation sites (tertiary alicyclic amines) is 1. The van der Waals surface area contributed by atoms with Crippen LogP contribution in [0.15, 0.2) is 0 Å². The van der Waals surface area contributed by atoms with Gasteiger partial charge >= 0.3 is 0 Å². The van der Waals surface area contributed by atoms with Crippen molar-refractivity contribution in [3.63, 3.8) is 0 Å². The number of amides is 2. The Hall–Kier alpha value is -0.900. The Kier molecular flexibility index (Phi) is 4.84. The average Bonchev–Trinajstić information content (AvgIpc) is 2.64. The highest BCUT2D eigenvalue weighted by molar-refractivity contribution is 6.05. The number of carbonyl (C=O) groups excluding carboxylic acids is 2. The fourth-order valence-electron chi connectivity index (χ4n) is 3.15. The summed E-state index contributed by atoms with van der Waals surface area (Å²) in [6.45, 7) is 7.35. The van der Waals surface area contributed by atoms with Gasteiger partial charge in [-0.15, -0.1) is 0 Å². The molecule has 0 aromatic carbocycles. The monoisotopic (exact) mass is 280 g/mol. The van der Waals surface area contributed by atoms with E-state index in [0.717, 1.165) is 38.6 Å². The number of nitrogens with one attached hydrogen (secondary N) is 1. The maximum absolute atomic E-state index is 12.4. The van der Waals surface area contributed by atoms with Gasteiger partial charge in [0.05, 0.1) is 12.5 Å². The van der Waals surface area contributed by atoms with Crippen LogP contribution in [0.1, 0.15) is 65.7 Å². The first-order chi connectivity index (χ1) is 9.38. The maximum atomic E-state index is 12.4. The molecule has 2 rings (SSSR count). The van der Waals surface area contributed by atoms with Crippen LogP contribution in [0.5, 0.6) is 0 Å². The summed E-state index contributed by atoms with van der Waals surface area (Å²) in [6, 6.07) is -0.120. The molecule has 1 saturated heterocycles. The molecule has 1 atom stereocenters. The van der Waals surface area contributed by atoms with E-state index in [2.05, 4.69) is 26.1 Å². The van der Waals surface area contributed by atoms with Crippen LogP contribution in [0.3, 0.4) is 0 Å². The van der Waals surface area contributed by atoms with E-state index in [1.807, 2.05) is 0 Å². The van der Waals surface area contributed by atoms with Gasteiger partial charge in [0, 0.05) is 6.04 Å². The van der Waals surface area contributed by atoms with Crippen LogP contribution in [0.4, 0.5) is 0 Å². The first kappa shape index (κ1) is 15.5. The number of hydrogen-bond acceptors (Lipinski definition) is 3. The highest BCUT2D eigenvalue weighted by Gasteiger charge is 2.42. The van der Waals surface area contributed by atoms with E-state index in [1.54, 1.807) is 4.90 Å². The molecule has 1 aliphatic heterocycles. The van der Waals surface area contributed by atoms with Crippen molar-refractivity contribution in [2.45, 2.75) is 77.8 Å². The van der Waals surface area contributed by atoms with Crippen LogP contribution in [-0.2, 0) is 9.59 Å². The van der Waals surface area contributed by atoms with Gasteiger partial charge in [0.1, 0.15) is 0 Å². The highest BCUT2D eigenvalue weighted by atomic mass is 16.2. The second-order valence-corrected chi connectivity index (χ2v) is 7.42. The second-order valence-electron chi connectivity index (χ2n) is 7.42. The predicted octanol–water partition coefficient (Wildman–Crippen LogP) is 2.47. The van der Waals surface area contributed by atoms with E-state index in [9.17, 15) is 9.59 Å². The molecule has 1 N–H and O–H groups in total. The second kappa shape index (κ2) is 6.25. The zero-order valence-electron chi connectivity index (χ0n) is 13.1. The summed E-state index contributed by atoms with van der Waals surface area (Å²) in [5, 5.41) is 3.28. The molecule has 1 saturated carbocycles.